The molecular weight excluding hydrogens is 270 g/mol. The number of anilines is 1. The number of nitrogens with one attached hydrogen (secondary N) is 1. The molecule has 0 saturated heterocycles. The summed E-state index contributed by atoms with van der Waals surface area (Å²) in [5, 5.41) is 4.11. The molecule has 2 fully saturated rings. The maximum absolute atomic E-state index is 6.24. The van der Waals surface area contributed by atoms with E-state index in [2.05, 4.69) is 43.0 Å². The molecule has 0 spiro atoms. The van der Waals surface area contributed by atoms with Crippen molar-refractivity contribution in [1.82, 2.24) is 9.97 Å². The predicted molar refractivity (Wildman–Crippen MR) is 83.3 cm³/mol. The molecule has 1 N–H and O–H groups in total. The zero-order valence-electron chi connectivity index (χ0n) is 13.0. The van der Waals surface area contributed by atoms with Gasteiger partial charge in [0.2, 0.25) is 0 Å². The van der Waals surface area contributed by atoms with Crippen LogP contribution in [0.15, 0.2) is 0 Å². The normalized spacial score (nSPS) is 23.7. The molecule has 1 heterocycles. The summed E-state index contributed by atoms with van der Waals surface area (Å²) < 4.78 is 0. The molecule has 1 aromatic heterocycles. The van der Waals surface area contributed by atoms with Crippen molar-refractivity contribution in [1.29, 1.82) is 0 Å². The minimum atomic E-state index is 0.393. The first-order valence-corrected chi connectivity index (χ1v) is 7.91. The van der Waals surface area contributed by atoms with E-state index in [0.717, 1.165) is 23.8 Å². The molecule has 0 radical (unpaired) electrons. The fraction of sp³-hybridized carbons (Fsp3) is 0.750. The molecule has 3 rings (SSSR count). The van der Waals surface area contributed by atoms with Crippen molar-refractivity contribution in [2.24, 2.45) is 16.7 Å². The van der Waals surface area contributed by atoms with Crippen molar-refractivity contribution in [2.45, 2.75) is 53.4 Å². The lowest BCUT2D eigenvalue weighted by atomic mass is 10.0. The van der Waals surface area contributed by atoms with E-state index in [1.165, 1.54) is 12.8 Å². The molecule has 4 heteroatoms. The second-order valence-electron chi connectivity index (χ2n) is 7.50. The number of hydrogen-bond donors (Lipinski definition) is 1. The van der Waals surface area contributed by atoms with Gasteiger partial charge in [-0.05, 0) is 36.5 Å². The second-order valence-corrected chi connectivity index (χ2v) is 7.86. The van der Waals surface area contributed by atoms with Crippen LogP contribution in [0.5, 0.6) is 0 Å². The number of halogens is 1. The molecule has 20 heavy (non-hydrogen) atoms. The zero-order chi connectivity index (χ0) is 14.7. The van der Waals surface area contributed by atoms with Crippen LogP contribution in [-0.4, -0.2) is 16.5 Å². The summed E-state index contributed by atoms with van der Waals surface area (Å²) in [7, 11) is 0. The van der Waals surface area contributed by atoms with E-state index in [1.807, 2.05) is 6.92 Å². The molecule has 1 aromatic rings. The van der Waals surface area contributed by atoms with Crippen LogP contribution in [0.1, 0.15) is 57.8 Å². The van der Waals surface area contributed by atoms with E-state index in [9.17, 15) is 0 Å². The first-order valence-electron chi connectivity index (χ1n) is 7.53. The third kappa shape index (κ3) is 2.11. The number of aromatic nitrogens is 2. The lowest BCUT2D eigenvalue weighted by molar-refractivity contribution is 0.457. The van der Waals surface area contributed by atoms with E-state index < -0.39 is 0 Å². The lowest BCUT2D eigenvalue weighted by Gasteiger charge is -2.12. The van der Waals surface area contributed by atoms with E-state index >= 15 is 0 Å². The van der Waals surface area contributed by atoms with Crippen LogP contribution in [-0.2, 0) is 0 Å². The predicted octanol–water partition coefficient (Wildman–Crippen LogP) is 4.41. The summed E-state index contributed by atoms with van der Waals surface area (Å²) in [5.74, 6) is 3.04. The first-order chi connectivity index (χ1) is 9.25. The second kappa shape index (κ2) is 4.33. The molecule has 0 aromatic carbocycles. The van der Waals surface area contributed by atoms with Gasteiger partial charge in [0.15, 0.2) is 0 Å². The van der Waals surface area contributed by atoms with Gasteiger partial charge in [0, 0.05) is 18.0 Å². The maximum Gasteiger partial charge on any atom is 0.137 e. The van der Waals surface area contributed by atoms with Gasteiger partial charge in [-0.2, -0.15) is 0 Å². The van der Waals surface area contributed by atoms with Crippen molar-refractivity contribution in [3.63, 3.8) is 0 Å². The van der Waals surface area contributed by atoms with E-state index in [0.29, 0.717) is 27.8 Å². The highest BCUT2D eigenvalue weighted by Crippen LogP contribution is 2.68. The average molecular weight is 294 g/mol. The van der Waals surface area contributed by atoms with E-state index in [4.69, 9.17) is 11.6 Å². The van der Waals surface area contributed by atoms with Crippen molar-refractivity contribution in [2.75, 3.05) is 11.9 Å². The third-order valence-corrected chi connectivity index (χ3v) is 6.21. The molecule has 2 aliphatic carbocycles. The molecular formula is C16H24ClN3. The number of rotatable bonds is 4. The molecule has 0 aliphatic heterocycles. The highest BCUT2D eigenvalue weighted by Gasteiger charge is 2.64. The maximum atomic E-state index is 6.24. The molecule has 3 nitrogen and oxygen atoms in total. The van der Waals surface area contributed by atoms with E-state index in [1.54, 1.807) is 0 Å². The zero-order valence-corrected chi connectivity index (χ0v) is 13.8. The van der Waals surface area contributed by atoms with Crippen molar-refractivity contribution >= 4 is 17.4 Å². The third-order valence-electron chi connectivity index (χ3n) is 5.84. The summed E-state index contributed by atoms with van der Waals surface area (Å²) >= 11 is 6.24. The Bertz CT molecular complexity index is 533. The van der Waals surface area contributed by atoms with Crippen LogP contribution >= 0.6 is 11.6 Å². The fourth-order valence-electron chi connectivity index (χ4n) is 3.24. The van der Waals surface area contributed by atoms with Gasteiger partial charge in [-0.3, -0.25) is 0 Å². The summed E-state index contributed by atoms with van der Waals surface area (Å²) in [5.41, 5.74) is 1.75. The van der Waals surface area contributed by atoms with Gasteiger partial charge in [-0.25, -0.2) is 9.97 Å². The molecule has 0 unspecified atom stereocenters. The Morgan fingerprint density at radius 2 is 1.75 bits per heavy atom. The smallest absolute Gasteiger partial charge is 0.137 e. The Labute approximate surface area is 126 Å². The van der Waals surface area contributed by atoms with E-state index in [-0.39, 0.29) is 0 Å². The molecule has 0 atom stereocenters. The van der Waals surface area contributed by atoms with Crippen LogP contribution in [0, 0.1) is 23.7 Å². The largest absolute Gasteiger partial charge is 0.369 e. The van der Waals surface area contributed by atoms with Crippen molar-refractivity contribution in [3.05, 3.63) is 16.5 Å². The van der Waals surface area contributed by atoms with Gasteiger partial charge in [-0.15, -0.1) is 0 Å². The Hall–Kier alpha value is -0.830. The number of nitrogens with zero attached hydrogens (tertiary/aromatic N) is 2. The van der Waals surface area contributed by atoms with Crippen LogP contribution in [0.2, 0.25) is 5.15 Å². The molecule has 2 saturated carbocycles. The fourth-order valence-corrected chi connectivity index (χ4v) is 3.42. The molecule has 0 amide bonds. The van der Waals surface area contributed by atoms with Crippen molar-refractivity contribution in [3.8, 4) is 0 Å². The van der Waals surface area contributed by atoms with Crippen LogP contribution in [0.3, 0.4) is 0 Å². The summed E-state index contributed by atoms with van der Waals surface area (Å²) in [6.07, 6.45) is 2.39. The Balaban J connectivity index is 1.75. The molecule has 0 bridgehead atoms. The van der Waals surface area contributed by atoms with Gasteiger partial charge >= 0.3 is 0 Å². The summed E-state index contributed by atoms with van der Waals surface area (Å²) in [6.45, 7) is 12.3. The lowest BCUT2D eigenvalue weighted by Crippen LogP contribution is -2.12. The number of hydrogen-bond acceptors (Lipinski definition) is 3. The first kappa shape index (κ1) is 14.1. The SMILES string of the molecule is Cc1c(Cl)nc(C2CC2)nc1NCC1C(C)(C)C1(C)C. The highest BCUT2D eigenvalue weighted by molar-refractivity contribution is 6.30. The van der Waals surface area contributed by atoms with Crippen LogP contribution < -0.4 is 5.32 Å². The Kier molecular flexibility index (Phi) is 3.06. The van der Waals surface area contributed by atoms with Crippen LogP contribution in [0.25, 0.3) is 0 Å². The van der Waals surface area contributed by atoms with Crippen LogP contribution in [0.4, 0.5) is 5.82 Å². The van der Waals surface area contributed by atoms with Gasteiger partial charge in [0.1, 0.15) is 16.8 Å². The highest BCUT2D eigenvalue weighted by atomic mass is 35.5. The minimum absolute atomic E-state index is 0.393. The summed E-state index contributed by atoms with van der Waals surface area (Å²) in [6, 6.07) is 0. The average Bonchev–Trinajstić information content (AvgIpc) is 3.23. The monoisotopic (exact) mass is 293 g/mol. The molecule has 2 aliphatic rings. The van der Waals surface area contributed by atoms with Crippen molar-refractivity contribution < 1.29 is 0 Å². The van der Waals surface area contributed by atoms with Gasteiger partial charge in [0.25, 0.3) is 0 Å². The molecule has 110 valence electrons. The Morgan fingerprint density at radius 3 is 2.25 bits per heavy atom. The van der Waals surface area contributed by atoms with Gasteiger partial charge in [-0.1, -0.05) is 39.3 Å². The standard InChI is InChI=1S/C16H24ClN3/c1-9-12(17)19-14(10-6-7-10)20-13(9)18-8-11-15(2,3)16(11,4)5/h10-11H,6-8H2,1-5H3,(H,18,19,20). The minimum Gasteiger partial charge on any atom is -0.369 e. The summed E-state index contributed by atoms with van der Waals surface area (Å²) in [4.78, 5) is 9.09. The van der Waals surface area contributed by atoms with Gasteiger partial charge < -0.3 is 5.32 Å². The Morgan fingerprint density at radius 1 is 1.15 bits per heavy atom. The quantitative estimate of drug-likeness (QED) is 0.836. The van der Waals surface area contributed by atoms with Gasteiger partial charge in [0.05, 0.1) is 0 Å². The topological polar surface area (TPSA) is 37.8 Å².